The predicted octanol–water partition coefficient (Wildman–Crippen LogP) is 4.56. The Labute approximate surface area is 190 Å². The lowest BCUT2D eigenvalue weighted by atomic mass is 10.1. The fourth-order valence-electron chi connectivity index (χ4n) is 3.48. The lowest BCUT2D eigenvalue weighted by molar-refractivity contribution is -0.384. The van der Waals surface area contributed by atoms with Crippen molar-refractivity contribution in [3.63, 3.8) is 0 Å². The maximum atomic E-state index is 12.8. The largest absolute Gasteiger partial charge is 0.479 e. The molecular formula is C25H21N3O5. The third kappa shape index (κ3) is 5.07. The molecule has 8 nitrogen and oxygen atoms in total. The number of benzene rings is 3. The first-order valence-corrected chi connectivity index (χ1v) is 10.3. The molecule has 1 unspecified atom stereocenters. The van der Waals surface area contributed by atoms with Gasteiger partial charge in [-0.3, -0.25) is 19.7 Å². The first kappa shape index (κ1) is 21.8. The number of nitrogens with zero attached hydrogens (tertiary/aromatic N) is 2. The Bertz CT molecular complexity index is 1220. The van der Waals surface area contributed by atoms with E-state index in [2.05, 4.69) is 5.32 Å². The van der Waals surface area contributed by atoms with E-state index in [-0.39, 0.29) is 17.5 Å². The topological polar surface area (TPSA) is 102 Å². The number of carbonyl (C=O) groups excluding carboxylic acids is 2. The first-order chi connectivity index (χ1) is 15.9. The average Bonchev–Trinajstić information content (AvgIpc) is 2.82. The van der Waals surface area contributed by atoms with Crippen LogP contribution in [0, 0.1) is 10.1 Å². The molecule has 166 valence electrons. The van der Waals surface area contributed by atoms with E-state index < -0.39 is 11.0 Å². The lowest BCUT2D eigenvalue weighted by Gasteiger charge is -2.33. The van der Waals surface area contributed by atoms with Gasteiger partial charge < -0.3 is 15.0 Å². The van der Waals surface area contributed by atoms with Crippen LogP contribution < -0.4 is 15.0 Å². The number of nitro groups is 1. The molecule has 2 amide bonds. The molecule has 0 aromatic heterocycles. The number of nitro benzene ring substituents is 1. The average molecular weight is 443 g/mol. The standard InChI is InChI=1S/C25H21N3O5/c1-17-25(30)27(16-19-5-3-2-4-6-19)22-15-20(10-13-23(22)33-17)26-24(29)14-9-18-7-11-21(12-8-18)28(31)32/h2-15,17H,16H2,1H3,(H,26,29)/b14-9+. The third-order valence-electron chi connectivity index (χ3n) is 5.15. The van der Waals surface area contributed by atoms with Gasteiger partial charge in [-0.25, -0.2) is 0 Å². The van der Waals surface area contributed by atoms with Gasteiger partial charge in [0.25, 0.3) is 11.6 Å². The molecule has 3 aromatic rings. The summed E-state index contributed by atoms with van der Waals surface area (Å²) < 4.78 is 5.74. The molecule has 33 heavy (non-hydrogen) atoms. The van der Waals surface area contributed by atoms with Crippen molar-refractivity contribution in [1.29, 1.82) is 0 Å². The summed E-state index contributed by atoms with van der Waals surface area (Å²) in [6.45, 7) is 2.10. The van der Waals surface area contributed by atoms with Gasteiger partial charge in [-0.05, 0) is 54.5 Å². The van der Waals surface area contributed by atoms with Crippen LogP contribution in [0.25, 0.3) is 6.08 Å². The van der Waals surface area contributed by atoms with Crippen LogP contribution in [0.1, 0.15) is 18.1 Å². The van der Waals surface area contributed by atoms with Crippen LogP contribution >= 0.6 is 0 Å². The minimum absolute atomic E-state index is 0.0168. The second kappa shape index (κ2) is 9.35. The third-order valence-corrected chi connectivity index (χ3v) is 5.15. The van der Waals surface area contributed by atoms with Gasteiger partial charge in [0, 0.05) is 23.9 Å². The highest BCUT2D eigenvalue weighted by molar-refractivity contribution is 6.04. The minimum Gasteiger partial charge on any atom is -0.479 e. The number of nitrogens with one attached hydrogen (secondary N) is 1. The maximum Gasteiger partial charge on any atom is 0.269 e. The molecule has 8 heteroatoms. The summed E-state index contributed by atoms with van der Waals surface area (Å²) in [5, 5.41) is 13.5. The number of amides is 2. The number of anilines is 2. The van der Waals surface area contributed by atoms with Crippen molar-refractivity contribution in [2.75, 3.05) is 10.2 Å². The van der Waals surface area contributed by atoms with Crippen LogP contribution in [-0.2, 0) is 16.1 Å². The number of hydrogen-bond acceptors (Lipinski definition) is 5. The van der Waals surface area contributed by atoms with Crippen molar-refractivity contribution in [2.45, 2.75) is 19.6 Å². The summed E-state index contributed by atoms with van der Waals surface area (Å²) in [4.78, 5) is 37.1. The highest BCUT2D eigenvalue weighted by Crippen LogP contribution is 2.37. The van der Waals surface area contributed by atoms with Gasteiger partial charge in [0.15, 0.2) is 6.10 Å². The van der Waals surface area contributed by atoms with E-state index in [1.165, 1.54) is 18.2 Å². The maximum absolute atomic E-state index is 12.8. The smallest absolute Gasteiger partial charge is 0.269 e. The Morgan fingerprint density at radius 3 is 2.55 bits per heavy atom. The van der Waals surface area contributed by atoms with E-state index in [1.807, 2.05) is 30.3 Å². The molecule has 0 spiro atoms. The Hall–Kier alpha value is -4.46. The zero-order chi connectivity index (χ0) is 23.4. The first-order valence-electron chi connectivity index (χ1n) is 10.3. The summed E-state index contributed by atoms with van der Waals surface area (Å²) in [5.41, 5.74) is 2.71. The summed E-state index contributed by atoms with van der Waals surface area (Å²) >= 11 is 0. The monoisotopic (exact) mass is 443 g/mol. The van der Waals surface area contributed by atoms with Crippen LogP contribution in [-0.4, -0.2) is 22.8 Å². The number of non-ortho nitro benzene ring substituents is 1. The van der Waals surface area contributed by atoms with Gasteiger partial charge >= 0.3 is 0 Å². The van der Waals surface area contributed by atoms with Gasteiger partial charge in [0.2, 0.25) is 5.91 Å². The molecule has 0 aliphatic carbocycles. The highest BCUT2D eigenvalue weighted by Gasteiger charge is 2.31. The second-order valence-electron chi connectivity index (χ2n) is 7.52. The van der Waals surface area contributed by atoms with E-state index in [1.54, 1.807) is 48.2 Å². The number of rotatable bonds is 6. The fraction of sp³-hybridized carbons (Fsp3) is 0.120. The van der Waals surface area contributed by atoms with Gasteiger partial charge in [0.05, 0.1) is 17.2 Å². The molecule has 4 rings (SSSR count). The van der Waals surface area contributed by atoms with E-state index in [0.717, 1.165) is 5.56 Å². The predicted molar refractivity (Wildman–Crippen MR) is 125 cm³/mol. The Kier molecular flexibility index (Phi) is 6.17. The molecule has 1 heterocycles. The van der Waals surface area contributed by atoms with Crippen LogP contribution in [0.5, 0.6) is 5.75 Å². The van der Waals surface area contributed by atoms with Crippen molar-refractivity contribution >= 4 is 35.0 Å². The molecule has 1 aliphatic heterocycles. The van der Waals surface area contributed by atoms with Crippen LogP contribution in [0.15, 0.2) is 78.9 Å². The van der Waals surface area contributed by atoms with Crippen LogP contribution in [0.3, 0.4) is 0 Å². The normalized spacial score (nSPS) is 15.1. The Morgan fingerprint density at radius 2 is 1.85 bits per heavy atom. The van der Waals surface area contributed by atoms with Gasteiger partial charge in [0.1, 0.15) is 5.75 Å². The zero-order valence-corrected chi connectivity index (χ0v) is 17.8. The van der Waals surface area contributed by atoms with Crippen molar-refractivity contribution in [3.05, 3.63) is 100 Å². The molecule has 0 saturated heterocycles. The van der Waals surface area contributed by atoms with E-state index >= 15 is 0 Å². The van der Waals surface area contributed by atoms with E-state index in [9.17, 15) is 19.7 Å². The van der Waals surface area contributed by atoms with Gasteiger partial charge in [-0.2, -0.15) is 0 Å². The summed E-state index contributed by atoms with van der Waals surface area (Å²) in [6, 6.07) is 20.7. The molecule has 0 saturated carbocycles. The Balaban J connectivity index is 1.51. The summed E-state index contributed by atoms with van der Waals surface area (Å²) in [7, 11) is 0. The van der Waals surface area contributed by atoms with Crippen molar-refractivity contribution in [1.82, 2.24) is 0 Å². The molecule has 0 radical (unpaired) electrons. The number of hydrogen-bond donors (Lipinski definition) is 1. The minimum atomic E-state index is -0.605. The second-order valence-corrected chi connectivity index (χ2v) is 7.52. The summed E-state index contributed by atoms with van der Waals surface area (Å²) in [6.07, 6.45) is 2.30. The quantitative estimate of drug-likeness (QED) is 0.342. The zero-order valence-electron chi connectivity index (χ0n) is 17.8. The Morgan fingerprint density at radius 1 is 1.12 bits per heavy atom. The van der Waals surface area contributed by atoms with Gasteiger partial charge in [-0.1, -0.05) is 30.3 Å². The molecule has 0 bridgehead atoms. The van der Waals surface area contributed by atoms with Crippen molar-refractivity contribution < 1.29 is 19.2 Å². The van der Waals surface area contributed by atoms with Crippen molar-refractivity contribution in [2.24, 2.45) is 0 Å². The number of carbonyl (C=O) groups is 2. The lowest BCUT2D eigenvalue weighted by Crippen LogP contribution is -2.44. The van der Waals surface area contributed by atoms with Crippen LogP contribution in [0.2, 0.25) is 0 Å². The molecule has 1 N–H and O–H groups in total. The van der Waals surface area contributed by atoms with Crippen LogP contribution in [0.4, 0.5) is 17.1 Å². The molecule has 1 atom stereocenters. The fourth-order valence-corrected chi connectivity index (χ4v) is 3.48. The molecule has 0 fully saturated rings. The summed E-state index contributed by atoms with van der Waals surface area (Å²) in [5.74, 6) is 0.0321. The number of ether oxygens (including phenoxy) is 1. The number of fused-ring (bicyclic) bond motifs is 1. The SMILES string of the molecule is CC1Oc2ccc(NC(=O)/C=C/c3ccc([N+](=O)[O-])cc3)cc2N(Cc2ccccc2)C1=O. The van der Waals surface area contributed by atoms with Gasteiger partial charge in [-0.15, -0.1) is 0 Å². The highest BCUT2D eigenvalue weighted by atomic mass is 16.6. The molecule has 3 aromatic carbocycles. The van der Waals surface area contributed by atoms with Crippen molar-refractivity contribution in [3.8, 4) is 5.75 Å². The van der Waals surface area contributed by atoms with E-state index in [0.29, 0.717) is 29.2 Å². The molecular weight excluding hydrogens is 422 g/mol. The van der Waals surface area contributed by atoms with E-state index in [4.69, 9.17) is 4.74 Å². The molecule has 1 aliphatic rings.